The van der Waals surface area contributed by atoms with Crippen LogP contribution < -0.4 is 14.8 Å². The number of hydrogen-bond donors (Lipinski definition) is 1. The van der Waals surface area contributed by atoms with Crippen molar-refractivity contribution in [3.05, 3.63) is 99.5 Å². The van der Waals surface area contributed by atoms with Crippen LogP contribution in [0.2, 0.25) is 0 Å². The molecule has 158 valence electrons. The standard InChI is InChI=1S/C27H26BrNO2/c1-18-8-6-13-25(19(18)2)29-16-20-14-24(28)27(26(15-20)30-3)31-17-22-11-7-10-21-9-4-5-12-23(21)22/h4-15,29H,16-17H2,1-3H3. The highest BCUT2D eigenvalue weighted by atomic mass is 79.9. The van der Waals surface area contributed by atoms with Gasteiger partial charge in [0.2, 0.25) is 0 Å². The Balaban J connectivity index is 1.53. The van der Waals surface area contributed by atoms with Gasteiger partial charge in [0.05, 0.1) is 11.6 Å². The van der Waals surface area contributed by atoms with Gasteiger partial charge in [-0.2, -0.15) is 0 Å². The van der Waals surface area contributed by atoms with Gasteiger partial charge in [0, 0.05) is 12.2 Å². The van der Waals surface area contributed by atoms with Gasteiger partial charge in [0.1, 0.15) is 6.61 Å². The van der Waals surface area contributed by atoms with Crippen molar-refractivity contribution in [2.45, 2.75) is 27.0 Å². The van der Waals surface area contributed by atoms with E-state index in [1.165, 1.54) is 21.9 Å². The van der Waals surface area contributed by atoms with E-state index in [0.717, 1.165) is 21.3 Å². The van der Waals surface area contributed by atoms with E-state index in [1.54, 1.807) is 7.11 Å². The number of anilines is 1. The zero-order chi connectivity index (χ0) is 21.8. The van der Waals surface area contributed by atoms with Gasteiger partial charge < -0.3 is 14.8 Å². The van der Waals surface area contributed by atoms with Crippen LogP contribution in [0, 0.1) is 13.8 Å². The molecule has 0 atom stereocenters. The number of nitrogens with one attached hydrogen (secondary N) is 1. The minimum absolute atomic E-state index is 0.469. The number of hydrogen-bond acceptors (Lipinski definition) is 3. The lowest BCUT2D eigenvalue weighted by molar-refractivity contribution is 0.283. The number of fused-ring (bicyclic) bond motifs is 1. The average molecular weight is 476 g/mol. The SMILES string of the molecule is COc1cc(CNc2cccc(C)c2C)cc(Br)c1OCc1cccc2ccccc12. The van der Waals surface area contributed by atoms with Gasteiger partial charge in [-0.1, -0.05) is 54.6 Å². The predicted molar refractivity (Wildman–Crippen MR) is 132 cm³/mol. The van der Waals surface area contributed by atoms with Gasteiger partial charge in [-0.15, -0.1) is 0 Å². The summed E-state index contributed by atoms with van der Waals surface area (Å²) < 4.78 is 12.7. The Labute approximate surface area is 192 Å². The van der Waals surface area contributed by atoms with Crippen LogP contribution in [0.4, 0.5) is 5.69 Å². The van der Waals surface area contributed by atoms with E-state index in [4.69, 9.17) is 9.47 Å². The van der Waals surface area contributed by atoms with Crippen molar-refractivity contribution >= 4 is 32.4 Å². The molecule has 4 aromatic carbocycles. The maximum atomic E-state index is 6.21. The van der Waals surface area contributed by atoms with Gasteiger partial charge in [0.15, 0.2) is 11.5 Å². The highest BCUT2D eigenvalue weighted by Gasteiger charge is 2.13. The van der Waals surface area contributed by atoms with E-state index in [-0.39, 0.29) is 0 Å². The second-order valence-electron chi connectivity index (χ2n) is 7.64. The van der Waals surface area contributed by atoms with Gasteiger partial charge in [-0.05, 0) is 81.0 Å². The fourth-order valence-corrected chi connectivity index (χ4v) is 4.33. The van der Waals surface area contributed by atoms with Crippen LogP contribution in [0.15, 0.2) is 77.3 Å². The van der Waals surface area contributed by atoms with Crippen LogP contribution in [0.25, 0.3) is 10.8 Å². The molecule has 4 rings (SSSR count). The maximum Gasteiger partial charge on any atom is 0.175 e. The molecular formula is C27H26BrNO2. The molecule has 0 unspecified atom stereocenters. The monoisotopic (exact) mass is 475 g/mol. The average Bonchev–Trinajstić information content (AvgIpc) is 2.79. The number of rotatable bonds is 7. The Morgan fingerprint density at radius 1 is 0.903 bits per heavy atom. The normalized spacial score (nSPS) is 10.8. The van der Waals surface area contributed by atoms with Gasteiger partial charge >= 0.3 is 0 Å². The molecule has 0 saturated heterocycles. The first kappa shape index (κ1) is 21.3. The summed E-state index contributed by atoms with van der Waals surface area (Å²) in [6.45, 7) is 5.43. The second-order valence-corrected chi connectivity index (χ2v) is 8.49. The molecule has 0 aliphatic heterocycles. The molecule has 0 aliphatic carbocycles. The summed E-state index contributed by atoms with van der Waals surface area (Å²) in [6.07, 6.45) is 0. The van der Waals surface area contributed by atoms with Crippen molar-refractivity contribution in [3.8, 4) is 11.5 Å². The fraction of sp³-hybridized carbons (Fsp3) is 0.185. The molecule has 0 heterocycles. The quantitative estimate of drug-likeness (QED) is 0.301. The van der Waals surface area contributed by atoms with E-state index in [2.05, 4.69) is 102 Å². The molecule has 31 heavy (non-hydrogen) atoms. The van der Waals surface area contributed by atoms with E-state index in [1.807, 2.05) is 6.07 Å². The summed E-state index contributed by atoms with van der Waals surface area (Å²) in [5.41, 5.74) is 5.95. The van der Waals surface area contributed by atoms with Crippen LogP contribution >= 0.6 is 15.9 Å². The van der Waals surface area contributed by atoms with Crippen LogP contribution in [-0.2, 0) is 13.2 Å². The highest BCUT2D eigenvalue weighted by Crippen LogP contribution is 2.38. The largest absolute Gasteiger partial charge is 0.493 e. The molecule has 0 aliphatic rings. The highest BCUT2D eigenvalue weighted by molar-refractivity contribution is 9.10. The smallest absolute Gasteiger partial charge is 0.175 e. The molecule has 4 heteroatoms. The number of aryl methyl sites for hydroxylation is 1. The van der Waals surface area contributed by atoms with Crippen molar-refractivity contribution in [3.63, 3.8) is 0 Å². The molecule has 4 aromatic rings. The molecule has 0 aromatic heterocycles. The Hall–Kier alpha value is -2.98. The van der Waals surface area contributed by atoms with Crippen LogP contribution in [-0.4, -0.2) is 7.11 Å². The van der Waals surface area contributed by atoms with E-state index < -0.39 is 0 Å². The van der Waals surface area contributed by atoms with E-state index >= 15 is 0 Å². The number of halogens is 1. The summed E-state index contributed by atoms with van der Waals surface area (Å²) >= 11 is 3.68. The topological polar surface area (TPSA) is 30.5 Å². The molecular weight excluding hydrogens is 450 g/mol. The first-order chi connectivity index (χ1) is 15.1. The maximum absolute atomic E-state index is 6.21. The Morgan fingerprint density at radius 3 is 2.52 bits per heavy atom. The van der Waals surface area contributed by atoms with Crippen molar-refractivity contribution in [1.29, 1.82) is 0 Å². The molecule has 1 N–H and O–H groups in total. The predicted octanol–water partition coefficient (Wildman–Crippen LogP) is 7.42. The van der Waals surface area contributed by atoms with Crippen LogP contribution in [0.3, 0.4) is 0 Å². The number of ether oxygens (including phenoxy) is 2. The third kappa shape index (κ3) is 4.70. The third-order valence-electron chi connectivity index (χ3n) is 5.63. The summed E-state index contributed by atoms with van der Waals surface area (Å²) in [5, 5.41) is 5.94. The Bertz CT molecular complexity index is 1210. The third-order valence-corrected chi connectivity index (χ3v) is 6.22. The van der Waals surface area contributed by atoms with Crippen molar-refractivity contribution < 1.29 is 9.47 Å². The minimum Gasteiger partial charge on any atom is -0.493 e. The zero-order valence-electron chi connectivity index (χ0n) is 18.0. The molecule has 0 radical (unpaired) electrons. The molecule has 0 fully saturated rings. The number of methoxy groups -OCH3 is 1. The second kappa shape index (κ2) is 9.44. The summed E-state index contributed by atoms with van der Waals surface area (Å²) in [5.74, 6) is 1.43. The van der Waals surface area contributed by atoms with Crippen LogP contribution in [0.5, 0.6) is 11.5 Å². The van der Waals surface area contributed by atoms with Gasteiger partial charge in [0.25, 0.3) is 0 Å². The minimum atomic E-state index is 0.469. The lowest BCUT2D eigenvalue weighted by Gasteiger charge is -2.16. The summed E-state index contributed by atoms with van der Waals surface area (Å²) in [4.78, 5) is 0. The first-order valence-corrected chi connectivity index (χ1v) is 11.1. The molecule has 0 bridgehead atoms. The zero-order valence-corrected chi connectivity index (χ0v) is 19.6. The molecule has 3 nitrogen and oxygen atoms in total. The lowest BCUT2D eigenvalue weighted by Crippen LogP contribution is -2.04. The van der Waals surface area contributed by atoms with Crippen LogP contribution in [0.1, 0.15) is 22.3 Å². The number of benzene rings is 4. The first-order valence-electron chi connectivity index (χ1n) is 10.3. The van der Waals surface area contributed by atoms with E-state index in [0.29, 0.717) is 24.7 Å². The summed E-state index contributed by atoms with van der Waals surface area (Å²) in [7, 11) is 1.68. The van der Waals surface area contributed by atoms with Crippen molar-refractivity contribution in [1.82, 2.24) is 0 Å². The Kier molecular flexibility index (Phi) is 6.47. The van der Waals surface area contributed by atoms with Gasteiger partial charge in [-0.25, -0.2) is 0 Å². The van der Waals surface area contributed by atoms with Crippen molar-refractivity contribution in [2.24, 2.45) is 0 Å². The summed E-state index contributed by atoms with van der Waals surface area (Å²) in [6, 6.07) is 25.1. The lowest BCUT2D eigenvalue weighted by atomic mass is 10.1. The van der Waals surface area contributed by atoms with E-state index in [9.17, 15) is 0 Å². The molecule has 0 saturated carbocycles. The van der Waals surface area contributed by atoms with Crippen molar-refractivity contribution in [2.75, 3.05) is 12.4 Å². The molecule has 0 spiro atoms. The van der Waals surface area contributed by atoms with Gasteiger partial charge in [-0.3, -0.25) is 0 Å². The molecule has 0 amide bonds. The Morgan fingerprint density at radius 2 is 1.68 bits per heavy atom. The fourth-order valence-electron chi connectivity index (χ4n) is 3.72.